The van der Waals surface area contributed by atoms with Crippen LogP contribution in [-0.2, 0) is 11.2 Å². The number of carbonyl (C=O) groups is 1. The highest BCUT2D eigenvalue weighted by atomic mass is 35.5. The number of benzene rings is 2. The van der Waals surface area contributed by atoms with E-state index in [9.17, 15) is 4.79 Å². The second-order valence-electron chi connectivity index (χ2n) is 5.22. The Labute approximate surface area is 136 Å². The molecule has 3 nitrogen and oxygen atoms in total. The van der Waals surface area contributed by atoms with Gasteiger partial charge < -0.3 is 9.64 Å². The van der Waals surface area contributed by atoms with E-state index in [0.29, 0.717) is 11.4 Å². The Morgan fingerprint density at radius 1 is 1.18 bits per heavy atom. The number of hydrogen-bond donors (Lipinski definition) is 0. The molecule has 0 aliphatic carbocycles. The molecule has 116 valence electrons. The number of nitrogens with zero attached hydrogens (tertiary/aromatic N) is 1. The summed E-state index contributed by atoms with van der Waals surface area (Å²) >= 11 is 5.90. The van der Waals surface area contributed by atoms with Crippen LogP contribution in [0.3, 0.4) is 0 Å². The van der Waals surface area contributed by atoms with Gasteiger partial charge in [0.05, 0.1) is 19.6 Å². The summed E-state index contributed by atoms with van der Waals surface area (Å²) < 4.78 is 5.30. The Kier molecular flexibility index (Phi) is 5.45. The Bertz CT molecular complexity index is 640. The maximum absolute atomic E-state index is 12.5. The first kappa shape index (κ1) is 16.4. The number of para-hydroxylation sites is 1. The molecule has 0 radical (unpaired) electrons. The van der Waals surface area contributed by atoms with Crippen LogP contribution >= 0.6 is 11.6 Å². The van der Waals surface area contributed by atoms with Crippen molar-refractivity contribution < 1.29 is 9.53 Å². The third-order valence-electron chi connectivity index (χ3n) is 3.86. The van der Waals surface area contributed by atoms with Crippen LogP contribution in [0.15, 0.2) is 48.5 Å². The van der Waals surface area contributed by atoms with Crippen LogP contribution in [0.5, 0.6) is 5.75 Å². The van der Waals surface area contributed by atoms with Crippen LogP contribution in [0.2, 0.25) is 5.02 Å². The zero-order valence-corrected chi connectivity index (χ0v) is 13.8. The molecule has 1 atom stereocenters. The molecule has 0 saturated heterocycles. The lowest BCUT2D eigenvalue weighted by Crippen LogP contribution is -2.31. The Balaban J connectivity index is 2.10. The van der Waals surface area contributed by atoms with Gasteiger partial charge in [-0.15, -0.1) is 0 Å². The lowest BCUT2D eigenvalue weighted by atomic mass is 10.1. The van der Waals surface area contributed by atoms with E-state index in [-0.39, 0.29) is 11.9 Å². The molecular formula is C18H20ClNO2. The molecule has 0 spiro atoms. The van der Waals surface area contributed by atoms with Gasteiger partial charge in [-0.3, -0.25) is 4.79 Å². The molecule has 22 heavy (non-hydrogen) atoms. The first-order valence-electron chi connectivity index (χ1n) is 7.16. The number of methoxy groups -OCH3 is 1. The smallest absolute Gasteiger partial charge is 0.227 e. The molecule has 2 rings (SSSR count). The minimum atomic E-state index is -0.0144. The van der Waals surface area contributed by atoms with Crippen molar-refractivity contribution in [3.05, 3.63) is 64.7 Å². The Morgan fingerprint density at radius 2 is 1.82 bits per heavy atom. The van der Waals surface area contributed by atoms with E-state index < -0.39 is 0 Å². The predicted octanol–water partition coefficient (Wildman–Crippen LogP) is 4.11. The first-order chi connectivity index (χ1) is 10.5. The van der Waals surface area contributed by atoms with Gasteiger partial charge in [0.2, 0.25) is 5.91 Å². The van der Waals surface area contributed by atoms with Gasteiger partial charge in [-0.05, 0) is 30.7 Å². The van der Waals surface area contributed by atoms with Crippen molar-refractivity contribution in [2.45, 2.75) is 19.4 Å². The predicted molar refractivity (Wildman–Crippen MR) is 89.3 cm³/mol. The highest BCUT2D eigenvalue weighted by Gasteiger charge is 2.18. The average molecular weight is 318 g/mol. The number of halogens is 1. The fraction of sp³-hybridized carbons (Fsp3) is 0.278. The highest BCUT2D eigenvalue weighted by Crippen LogP contribution is 2.23. The SMILES string of the molecule is COc1ccccc1CC(=O)N(C)C(C)c1ccc(Cl)cc1. The molecule has 1 amide bonds. The average Bonchev–Trinajstić information content (AvgIpc) is 2.54. The maximum atomic E-state index is 12.5. The van der Waals surface area contributed by atoms with Crippen molar-refractivity contribution >= 4 is 17.5 Å². The number of amides is 1. The minimum Gasteiger partial charge on any atom is -0.496 e. The summed E-state index contributed by atoms with van der Waals surface area (Å²) in [5.74, 6) is 0.787. The van der Waals surface area contributed by atoms with Crippen LogP contribution in [0.4, 0.5) is 0 Å². The van der Waals surface area contributed by atoms with Crippen LogP contribution in [0, 0.1) is 0 Å². The summed E-state index contributed by atoms with van der Waals surface area (Å²) in [5, 5.41) is 0.693. The van der Waals surface area contributed by atoms with Crippen LogP contribution in [0.1, 0.15) is 24.1 Å². The normalized spacial score (nSPS) is 11.8. The maximum Gasteiger partial charge on any atom is 0.227 e. The van der Waals surface area contributed by atoms with Crippen molar-refractivity contribution in [1.82, 2.24) is 4.90 Å². The number of hydrogen-bond acceptors (Lipinski definition) is 2. The number of likely N-dealkylation sites (N-methyl/N-ethyl adjacent to an activating group) is 1. The van der Waals surface area contributed by atoms with E-state index in [1.54, 1.807) is 12.0 Å². The Hall–Kier alpha value is -2.00. The van der Waals surface area contributed by atoms with Gasteiger partial charge in [0, 0.05) is 17.6 Å². The second-order valence-corrected chi connectivity index (χ2v) is 5.66. The summed E-state index contributed by atoms with van der Waals surface area (Å²) in [7, 11) is 3.43. The molecule has 0 bridgehead atoms. The summed E-state index contributed by atoms with van der Waals surface area (Å²) in [4.78, 5) is 14.3. The summed E-state index contributed by atoms with van der Waals surface area (Å²) in [5.41, 5.74) is 1.95. The highest BCUT2D eigenvalue weighted by molar-refractivity contribution is 6.30. The van der Waals surface area contributed by atoms with Gasteiger partial charge in [-0.1, -0.05) is 41.9 Å². The molecule has 0 N–H and O–H groups in total. The molecule has 0 aromatic heterocycles. The lowest BCUT2D eigenvalue weighted by molar-refractivity contribution is -0.131. The van der Waals surface area contributed by atoms with Gasteiger partial charge in [0.15, 0.2) is 0 Å². The van der Waals surface area contributed by atoms with E-state index in [1.165, 1.54) is 0 Å². The van der Waals surface area contributed by atoms with Gasteiger partial charge in [0.25, 0.3) is 0 Å². The van der Waals surface area contributed by atoms with E-state index in [4.69, 9.17) is 16.3 Å². The number of rotatable bonds is 5. The summed E-state index contributed by atoms with van der Waals surface area (Å²) in [6.07, 6.45) is 0.318. The molecule has 0 heterocycles. The molecule has 0 fully saturated rings. The van der Waals surface area contributed by atoms with Gasteiger partial charge >= 0.3 is 0 Å². The molecule has 2 aromatic rings. The molecule has 0 aliphatic heterocycles. The molecule has 1 unspecified atom stereocenters. The topological polar surface area (TPSA) is 29.5 Å². The van der Waals surface area contributed by atoms with Gasteiger partial charge in [-0.2, -0.15) is 0 Å². The van der Waals surface area contributed by atoms with E-state index in [1.807, 2.05) is 62.5 Å². The molecule has 4 heteroatoms. The van der Waals surface area contributed by atoms with Crippen molar-refractivity contribution in [3.63, 3.8) is 0 Å². The molecule has 2 aromatic carbocycles. The number of ether oxygens (including phenoxy) is 1. The van der Waals surface area contributed by atoms with Crippen molar-refractivity contribution in [1.29, 1.82) is 0 Å². The zero-order valence-electron chi connectivity index (χ0n) is 13.0. The zero-order chi connectivity index (χ0) is 16.1. The van der Waals surface area contributed by atoms with E-state index in [2.05, 4.69) is 0 Å². The molecule has 0 saturated carbocycles. The van der Waals surface area contributed by atoms with Crippen LogP contribution in [0.25, 0.3) is 0 Å². The van der Waals surface area contributed by atoms with Crippen molar-refractivity contribution in [2.24, 2.45) is 0 Å². The minimum absolute atomic E-state index is 0.0144. The van der Waals surface area contributed by atoms with E-state index >= 15 is 0 Å². The largest absolute Gasteiger partial charge is 0.496 e. The van der Waals surface area contributed by atoms with Gasteiger partial charge in [-0.25, -0.2) is 0 Å². The Morgan fingerprint density at radius 3 is 2.45 bits per heavy atom. The number of carbonyl (C=O) groups excluding carboxylic acids is 1. The standard InChI is InChI=1S/C18H20ClNO2/c1-13(14-8-10-16(19)11-9-14)20(2)18(21)12-15-6-4-5-7-17(15)22-3/h4-11,13H,12H2,1-3H3. The molecule has 0 aliphatic rings. The lowest BCUT2D eigenvalue weighted by Gasteiger charge is -2.26. The van der Waals surface area contributed by atoms with Crippen LogP contribution < -0.4 is 4.74 Å². The summed E-state index contributed by atoms with van der Waals surface area (Å²) in [6, 6.07) is 15.1. The molecular weight excluding hydrogens is 298 g/mol. The fourth-order valence-electron chi connectivity index (χ4n) is 2.32. The van der Waals surface area contributed by atoms with Gasteiger partial charge in [0.1, 0.15) is 5.75 Å². The monoisotopic (exact) mass is 317 g/mol. The third kappa shape index (κ3) is 3.80. The quantitative estimate of drug-likeness (QED) is 0.830. The third-order valence-corrected chi connectivity index (χ3v) is 4.11. The fourth-order valence-corrected chi connectivity index (χ4v) is 2.44. The first-order valence-corrected chi connectivity index (χ1v) is 7.53. The van der Waals surface area contributed by atoms with E-state index in [0.717, 1.165) is 16.9 Å². The van der Waals surface area contributed by atoms with Crippen LogP contribution in [-0.4, -0.2) is 25.0 Å². The second kappa shape index (κ2) is 7.32. The summed E-state index contributed by atoms with van der Waals surface area (Å²) in [6.45, 7) is 2.00. The van der Waals surface area contributed by atoms with Crippen molar-refractivity contribution in [3.8, 4) is 5.75 Å². The van der Waals surface area contributed by atoms with Crippen molar-refractivity contribution in [2.75, 3.05) is 14.2 Å².